The van der Waals surface area contributed by atoms with Gasteiger partial charge >= 0.3 is 12.0 Å². The fraction of sp³-hybridized carbons (Fsp3) is 0.538. The number of nitrogens with one attached hydrogen (secondary N) is 2. The Hall–Kier alpha value is -1.56. The SMILES string of the molecule is CC(Cc1cccs1)NC(=O)NC(C(=O)O)C1CC1. The number of carboxylic acid groups (broad SMARTS) is 1. The Morgan fingerprint density at radius 3 is 2.74 bits per heavy atom. The van der Waals surface area contributed by atoms with Gasteiger partial charge in [0.2, 0.25) is 0 Å². The topological polar surface area (TPSA) is 78.4 Å². The van der Waals surface area contributed by atoms with E-state index >= 15 is 0 Å². The molecule has 0 saturated heterocycles. The Balaban J connectivity index is 1.78. The first-order chi connectivity index (χ1) is 9.06. The Morgan fingerprint density at radius 1 is 1.47 bits per heavy atom. The molecule has 0 radical (unpaired) electrons. The lowest BCUT2D eigenvalue weighted by atomic mass is 10.2. The molecule has 2 unspecified atom stereocenters. The van der Waals surface area contributed by atoms with Crippen molar-refractivity contribution in [1.82, 2.24) is 10.6 Å². The summed E-state index contributed by atoms with van der Waals surface area (Å²) in [4.78, 5) is 24.0. The van der Waals surface area contributed by atoms with E-state index in [0.717, 1.165) is 19.3 Å². The van der Waals surface area contributed by atoms with E-state index in [1.165, 1.54) is 4.88 Å². The number of thiophene rings is 1. The van der Waals surface area contributed by atoms with Crippen molar-refractivity contribution in [1.29, 1.82) is 0 Å². The molecule has 104 valence electrons. The maximum absolute atomic E-state index is 11.7. The third-order valence-corrected chi connectivity index (χ3v) is 4.01. The molecule has 0 aromatic carbocycles. The summed E-state index contributed by atoms with van der Waals surface area (Å²) in [5.41, 5.74) is 0. The first-order valence-corrected chi connectivity index (χ1v) is 7.26. The highest BCUT2D eigenvalue weighted by atomic mass is 32.1. The van der Waals surface area contributed by atoms with E-state index < -0.39 is 18.0 Å². The van der Waals surface area contributed by atoms with Gasteiger partial charge in [-0.25, -0.2) is 9.59 Å². The molecule has 2 amide bonds. The van der Waals surface area contributed by atoms with E-state index in [-0.39, 0.29) is 12.0 Å². The van der Waals surface area contributed by atoms with Gasteiger partial charge in [0, 0.05) is 17.3 Å². The molecule has 2 rings (SSSR count). The zero-order valence-corrected chi connectivity index (χ0v) is 11.6. The average molecular weight is 282 g/mol. The molecular formula is C13H18N2O3S. The van der Waals surface area contributed by atoms with E-state index in [1.807, 2.05) is 24.4 Å². The number of rotatable bonds is 6. The van der Waals surface area contributed by atoms with E-state index in [4.69, 9.17) is 5.11 Å². The van der Waals surface area contributed by atoms with Crippen molar-refractivity contribution < 1.29 is 14.7 Å². The summed E-state index contributed by atoms with van der Waals surface area (Å²) >= 11 is 1.65. The van der Waals surface area contributed by atoms with Gasteiger partial charge in [0.15, 0.2) is 0 Å². The standard InChI is InChI=1S/C13H18N2O3S/c1-8(7-10-3-2-6-19-10)14-13(18)15-11(12(16)17)9-4-5-9/h2-3,6,8-9,11H,4-5,7H2,1H3,(H,16,17)(H2,14,15,18). The predicted octanol–water partition coefficient (Wildman–Crippen LogP) is 1.84. The number of carboxylic acids is 1. The minimum Gasteiger partial charge on any atom is -0.480 e. The highest BCUT2D eigenvalue weighted by molar-refractivity contribution is 7.09. The largest absolute Gasteiger partial charge is 0.480 e. The van der Waals surface area contributed by atoms with Gasteiger partial charge in [-0.05, 0) is 37.1 Å². The van der Waals surface area contributed by atoms with Crippen LogP contribution in [0.5, 0.6) is 0 Å². The molecule has 0 aliphatic heterocycles. The molecule has 0 spiro atoms. The van der Waals surface area contributed by atoms with Crippen LogP contribution in [0.25, 0.3) is 0 Å². The molecule has 6 heteroatoms. The zero-order chi connectivity index (χ0) is 13.8. The maximum atomic E-state index is 11.7. The lowest BCUT2D eigenvalue weighted by Crippen LogP contribution is -2.49. The van der Waals surface area contributed by atoms with Gasteiger partial charge in [0.05, 0.1) is 0 Å². The minimum atomic E-state index is -0.955. The van der Waals surface area contributed by atoms with Crippen molar-refractivity contribution >= 4 is 23.3 Å². The molecule has 0 bridgehead atoms. The van der Waals surface area contributed by atoms with Crippen LogP contribution in [0.15, 0.2) is 17.5 Å². The minimum absolute atomic E-state index is 0.0210. The Bertz CT molecular complexity index is 443. The second kappa shape index (κ2) is 6.06. The van der Waals surface area contributed by atoms with Crippen molar-refractivity contribution in [2.45, 2.75) is 38.3 Å². The fourth-order valence-electron chi connectivity index (χ4n) is 2.00. The van der Waals surface area contributed by atoms with Crippen LogP contribution in [-0.4, -0.2) is 29.2 Å². The van der Waals surface area contributed by atoms with Crippen molar-refractivity contribution in [2.75, 3.05) is 0 Å². The van der Waals surface area contributed by atoms with Gasteiger partial charge in [0.1, 0.15) is 6.04 Å². The molecule has 5 nitrogen and oxygen atoms in total. The number of urea groups is 1. The molecule has 1 aliphatic carbocycles. The van der Waals surface area contributed by atoms with Gasteiger partial charge in [-0.15, -0.1) is 11.3 Å². The van der Waals surface area contributed by atoms with Crippen LogP contribution >= 0.6 is 11.3 Å². The van der Waals surface area contributed by atoms with Gasteiger partial charge in [-0.2, -0.15) is 0 Å². The summed E-state index contributed by atoms with van der Waals surface area (Å²) in [5.74, 6) is -0.862. The van der Waals surface area contributed by atoms with Crippen molar-refractivity contribution in [3.63, 3.8) is 0 Å². The monoisotopic (exact) mass is 282 g/mol. The van der Waals surface area contributed by atoms with Crippen LogP contribution in [-0.2, 0) is 11.2 Å². The van der Waals surface area contributed by atoms with Crippen LogP contribution < -0.4 is 10.6 Å². The van der Waals surface area contributed by atoms with Crippen LogP contribution in [0, 0.1) is 5.92 Å². The van der Waals surface area contributed by atoms with Crippen LogP contribution in [0.4, 0.5) is 4.79 Å². The summed E-state index contributed by atoms with van der Waals surface area (Å²) in [7, 11) is 0. The van der Waals surface area contributed by atoms with E-state index in [9.17, 15) is 9.59 Å². The van der Waals surface area contributed by atoms with Crippen LogP contribution in [0.3, 0.4) is 0 Å². The molecule has 2 atom stereocenters. The highest BCUT2D eigenvalue weighted by Gasteiger charge is 2.37. The maximum Gasteiger partial charge on any atom is 0.326 e. The molecule has 1 aromatic heterocycles. The lowest BCUT2D eigenvalue weighted by Gasteiger charge is -2.17. The van der Waals surface area contributed by atoms with Gasteiger partial charge in [-0.1, -0.05) is 6.07 Å². The molecule has 1 heterocycles. The van der Waals surface area contributed by atoms with Crippen LogP contribution in [0.2, 0.25) is 0 Å². The predicted molar refractivity (Wildman–Crippen MR) is 73.3 cm³/mol. The number of aliphatic carboxylic acids is 1. The smallest absolute Gasteiger partial charge is 0.326 e. The van der Waals surface area contributed by atoms with Gasteiger partial charge in [-0.3, -0.25) is 0 Å². The van der Waals surface area contributed by atoms with Crippen molar-refractivity contribution in [3.8, 4) is 0 Å². The summed E-state index contributed by atoms with van der Waals surface area (Å²) in [6.45, 7) is 1.91. The summed E-state index contributed by atoms with van der Waals surface area (Å²) in [6, 6.07) is 2.82. The second-order valence-corrected chi connectivity index (χ2v) is 5.99. The second-order valence-electron chi connectivity index (χ2n) is 4.96. The van der Waals surface area contributed by atoms with E-state index in [1.54, 1.807) is 11.3 Å². The highest BCUT2D eigenvalue weighted by Crippen LogP contribution is 2.32. The number of amides is 2. The zero-order valence-electron chi connectivity index (χ0n) is 10.8. The lowest BCUT2D eigenvalue weighted by molar-refractivity contribution is -0.139. The number of hydrogen-bond donors (Lipinski definition) is 3. The van der Waals surface area contributed by atoms with Crippen molar-refractivity contribution in [2.24, 2.45) is 5.92 Å². The third-order valence-electron chi connectivity index (χ3n) is 3.11. The first kappa shape index (κ1) is 13.9. The quantitative estimate of drug-likeness (QED) is 0.745. The number of carbonyl (C=O) groups is 2. The van der Waals surface area contributed by atoms with E-state index in [2.05, 4.69) is 10.6 Å². The van der Waals surface area contributed by atoms with Gasteiger partial charge in [0.25, 0.3) is 0 Å². The van der Waals surface area contributed by atoms with Crippen LogP contribution in [0.1, 0.15) is 24.6 Å². The number of hydrogen-bond acceptors (Lipinski definition) is 3. The Morgan fingerprint density at radius 2 is 2.21 bits per heavy atom. The molecular weight excluding hydrogens is 264 g/mol. The molecule has 1 fully saturated rings. The van der Waals surface area contributed by atoms with Gasteiger partial charge < -0.3 is 15.7 Å². The van der Waals surface area contributed by atoms with Crippen molar-refractivity contribution in [3.05, 3.63) is 22.4 Å². The first-order valence-electron chi connectivity index (χ1n) is 6.38. The Labute approximate surface area is 116 Å². The summed E-state index contributed by atoms with van der Waals surface area (Å²) < 4.78 is 0. The number of carbonyl (C=O) groups excluding carboxylic acids is 1. The average Bonchev–Trinajstić information content (AvgIpc) is 3.04. The molecule has 1 aromatic rings. The fourth-order valence-corrected chi connectivity index (χ4v) is 2.83. The third kappa shape index (κ3) is 4.24. The molecule has 1 saturated carbocycles. The molecule has 19 heavy (non-hydrogen) atoms. The van der Waals surface area contributed by atoms with E-state index in [0.29, 0.717) is 0 Å². The molecule has 1 aliphatic rings. The normalized spacial score (nSPS) is 17.5. The summed E-state index contributed by atoms with van der Waals surface area (Å²) in [5, 5.41) is 16.4. The summed E-state index contributed by atoms with van der Waals surface area (Å²) in [6.07, 6.45) is 2.51. The molecule has 3 N–H and O–H groups in total. The Kier molecular flexibility index (Phi) is 4.42.